The Morgan fingerprint density at radius 3 is 2.16 bits per heavy atom. The van der Waals surface area contributed by atoms with E-state index in [9.17, 15) is 4.79 Å². The molecule has 0 spiro atoms. The summed E-state index contributed by atoms with van der Waals surface area (Å²) in [6.07, 6.45) is 5.31. The third kappa shape index (κ3) is 5.08. The molecule has 37 heavy (non-hydrogen) atoms. The van der Waals surface area contributed by atoms with E-state index in [2.05, 4.69) is 80.3 Å². The maximum atomic E-state index is 13.9. The van der Waals surface area contributed by atoms with Crippen molar-refractivity contribution in [1.29, 1.82) is 0 Å². The fraction of sp³-hybridized carbons (Fsp3) is 0.290. The van der Waals surface area contributed by atoms with Crippen LogP contribution in [0.4, 0.5) is 11.4 Å². The van der Waals surface area contributed by atoms with Crippen molar-refractivity contribution >= 4 is 45.0 Å². The van der Waals surface area contributed by atoms with E-state index < -0.39 is 0 Å². The predicted octanol–water partition coefficient (Wildman–Crippen LogP) is 7.02. The van der Waals surface area contributed by atoms with Crippen LogP contribution in [0.1, 0.15) is 46.8 Å². The van der Waals surface area contributed by atoms with Crippen LogP contribution < -0.4 is 9.80 Å². The Morgan fingerprint density at radius 1 is 0.919 bits per heavy atom. The number of benzene rings is 3. The number of carbonyl (C=O) groups excluding carboxylic acids is 1. The van der Waals surface area contributed by atoms with Gasteiger partial charge in [0.25, 0.3) is 5.91 Å². The van der Waals surface area contributed by atoms with Gasteiger partial charge in [-0.05, 0) is 94.4 Å². The van der Waals surface area contributed by atoms with Gasteiger partial charge < -0.3 is 9.80 Å². The standard InChI is InChI=1S/C31H33BrN4O/c1-34(2)24-16-12-21(13-17-24)20-23-8-7-10-27-29(23)33-36(31(37)26-9-5-6-11-28(26)32)30(27)22-14-18-25(19-15-22)35(3)4/h5-6,9,11-20,27,30H,7-8,10H2,1-4H3/b23-20+/t27-,30-/m0/s1. The van der Waals surface area contributed by atoms with Crippen molar-refractivity contribution in [2.45, 2.75) is 25.3 Å². The van der Waals surface area contributed by atoms with Crippen molar-refractivity contribution in [3.05, 3.63) is 99.5 Å². The van der Waals surface area contributed by atoms with E-state index in [1.165, 1.54) is 11.3 Å². The SMILES string of the molecule is CN(C)c1ccc(/C=C2\CCC[C@H]3C2=NN(C(=O)c2ccccc2Br)[C@H]3c2ccc(N(C)C)cc2)cc1. The maximum absolute atomic E-state index is 13.9. The van der Waals surface area contributed by atoms with E-state index >= 15 is 0 Å². The zero-order chi connectivity index (χ0) is 26.1. The molecular weight excluding hydrogens is 524 g/mol. The molecule has 0 aromatic heterocycles. The van der Waals surface area contributed by atoms with Gasteiger partial charge in [-0.2, -0.15) is 5.10 Å². The molecule has 5 nitrogen and oxygen atoms in total. The molecule has 3 aromatic rings. The van der Waals surface area contributed by atoms with Crippen molar-refractivity contribution in [3.8, 4) is 0 Å². The average molecular weight is 558 g/mol. The number of rotatable bonds is 5. The molecule has 0 N–H and O–H groups in total. The molecule has 5 rings (SSSR count). The number of hydrogen-bond donors (Lipinski definition) is 0. The molecule has 1 heterocycles. The number of hydrogen-bond acceptors (Lipinski definition) is 4. The van der Waals surface area contributed by atoms with Gasteiger partial charge >= 0.3 is 0 Å². The highest BCUT2D eigenvalue weighted by Crippen LogP contribution is 2.45. The normalized spacial score (nSPS) is 20.0. The summed E-state index contributed by atoms with van der Waals surface area (Å²) >= 11 is 3.58. The van der Waals surface area contributed by atoms with Crippen LogP contribution in [-0.4, -0.2) is 44.8 Å². The molecule has 1 aliphatic heterocycles. The van der Waals surface area contributed by atoms with Gasteiger partial charge in [0, 0.05) is 50.0 Å². The van der Waals surface area contributed by atoms with Crippen LogP contribution in [0, 0.1) is 5.92 Å². The number of carbonyl (C=O) groups is 1. The molecule has 6 heteroatoms. The van der Waals surface area contributed by atoms with Gasteiger partial charge in [0.2, 0.25) is 0 Å². The van der Waals surface area contributed by atoms with E-state index in [1.807, 2.05) is 52.5 Å². The van der Waals surface area contributed by atoms with E-state index in [0.29, 0.717) is 5.56 Å². The lowest BCUT2D eigenvalue weighted by Crippen LogP contribution is -2.32. The average Bonchev–Trinajstić information content (AvgIpc) is 3.29. The van der Waals surface area contributed by atoms with Crippen LogP contribution in [0.25, 0.3) is 6.08 Å². The Bertz CT molecular complexity index is 1340. The number of hydrazone groups is 1. The minimum absolute atomic E-state index is 0.0780. The van der Waals surface area contributed by atoms with Gasteiger partial charge in [-0.15, -0.1) is 0 Å². The summed E-state index contributed by atoms with van der Waals surface area (Å²) in [4.78, 5) is 18.1. The Kier molecular flexibility index (Phi) is 7.20. The minimum atomic E-state index is -0.134. The van der Waals surface area contributed by atoms with Crippen LogP contribution in [0.5, 0.6) is 0 Å². The molecule has 1 saturated carbocycles. The summed E-state index contributed by atoms with van der Waals surface area (Å²) in [5.74, 6) is 0.0865. The van der Waals surface area contributed by atoms with Crippen molar-refractivity contribution in [1.82, 2.24) is 5.01 Å². The second-order valence-corrected chi connectivity index (χ2v) is 11.1. The molecule has 190 valence electrons. The second kappa shape index (κ2) is 10.5. The Labute approximate surface area is 228 Å². The van der Waals surface area contributed by atoms with Crippen LogP contribution in [0.15, 0.2) is 87.9 Å². The molecule has 2 atom stereocenters. The first-order chi connectivity index (χ1) is 17.8. The van der Waals surface area contributed by atoms with Crippen molar-refractivity contribution in [2.24, 2.45) is 11.0 Å². The molecule has 0 unspecified atom stereocenters. The van der Waals surface area contributed by atoms with Gasteiger partial charge in [0.1, 0.15) is 0 Å². The van der Waals surface area contributed by atoms with Gasteiger partial charge in [0.15, 0.2) is 0 Å². The molecule has 0 saturated heterocycles. The fourth-order valence-corrected chi connectivity index (χ4v) is 5.75. The number of amides is 1. The quantitative estimate of drug-likeness (QED) is 0.339. The van der Waals surface area contributed by atoms with E-state index in [1.54, 1.807) is 5.01 Å². The zero-order valence-corrected chi connectivity index (χ0v) is 23.4. The summed E-state index contributed by atoms with van der Waals surface area (Å²) in [7, 11) is 8.18. The Morgan fingerprint density at radius 2 is 1.54 bits per heavy atom. The van der Waals surface area contributed by atoms with Crippen LogP contribution in [0.3, 0.4) is 0 Å². The van der Waals surface area contributed by atoms with Crippen LogP contribution in [-0.2, 0) is 0 Å². The molecule has 1 amide bonds. The first kappa shape index (κ1) is 25.3. The van der Waals surface area contributed by atoms with Gasteiger partial charge in [-0.3, -0.25) is 4.79 Å². The summed E-state index contributed by atoms with van der Waals surface area (Å²) in [6, 6.07) is 24.6. The Hall–Kier alpha value is -3.38. The van der Waals surface area contributed by atoms with Crippen LogP contribution >= 0.6 is 15.9 Å². The van der Waals surface area contributed by atoms with E-state index in [4.69, 9.17) is 5.10 Å². The number of allylic oxidation sites excluding steroid dienone is 1. The fourth-order valence-electron chi connectivity index (χ4n) is 5.30. The predicted molar refractivity (Wildman–Crippen MR) is 157 cm³/mol. The van der Waals surface area contributed by atoms with Crippen molar-refractivity contribution < 1.29 is 4.79 Å². The molecule has 0 radical (unpaired) electrons. The number of halogens is 1. The summed E-state index contributed by atoms with van der Waals surface area (Å²) in [5.41, 5.74) is 7.49. The van der Waals surface area contributed by atoms with Crippen LogP contribution in [0.2, 0.25) is 0 Å². The summed E-state index contributed by atoms with van der Waals surface area (Å²) in [6.45, 7) is 0. The lowest BCUT2D eigenvalue weighted by molar-refractivity contribution is 0.0680. The summed E-state index contributed by atoms with van der Waals surface area (Å²) in [5, 5.41) is 6.79. The van der Waals surface area contributed by atoms with E-state index in [-0.39, 0.29) is 17.9 Å². The lowest BCUT2D eigenvalue weighted by Gasteiger charge is -2.30. The third-order valence-electron chi connectivity index (χ3n) is 7.32. The highest BCUT2D eigenvalue weighted by molar-refractivity contribution is 9.10. The zero-order valence-electron chi connectivity index (χ0n) is 21.9. The third-order valence-corrected chi connectivity index (χ3v) is 8.01. The largest absolute Gasteiger partial charge is 0.378 e. The topological polar surface area (TPSA) is 39.1 Å². The lowest BCUT2D eigenvalue weighted by atomic mass is 9.77. The van der Waals surface area contributed by atoms with Gasteiger partial charge in [0.05, 0.1) is 17.3 Å². The molecule has 2 aliphatic rings. The molecule has 3 aromatic carbocycles. The smallest absolute Gasteiger partial charge is 0.275 e. The maximum Gasteiger partial charge on any atom is 0.275 e. The van der Waals surface area contributed by atoms with Crippen molar-refractivity contribution in [3.63, 3.8) is 0 Å². The molecule has 0 bridgehead atoms. The second-order valence-electron chi connectivity index (χ2n) is 10.2. The Balaban J connectivity index is 1.55. The van der Waals surface area contributed by atoms with Crippen molar-refractivity contribution in [2.75, 3.05) is 38.0 Å². The highest BCUT2D eigenvalue weighted by atomic mass is 79.9. The van der Waals surface area contributed by atoms with Gasteiger partial charge in [-0.1, -0.05) is 36.4 Å². The molecule has 1 aliphatic carbocycles. The first-order valence-corrected chi connectivity index (χ1v) is 13.5. The first-order valence-electron chi connectivity index (χ1n) is 12.8. The van der Waals surface area contributed by atoms with Gasteiger partial charge in [-0.25, -0.2) is 5.01 Å². The molecule has 1 fully saturated rings. The highest BCUT2D eigenvalue weighted by Gasteiger charge is 2.44. The monoisotopic (exact) mass is 556 g/mol. The number of fused-ring (bicyclic) bond motifs is 1. The van der Waals surface area contributed by atoms with E-state index in [0.717, 1.165) is 46.3 Å². The summed E-state index contributed by atoms with van der Waals surface area (Å²) < 4.78 is 0.786. The number of anilines is 2. The number of nitrogens with zero attached hydrogens (tertiary/aromatic N) is 4. The molecular formula is C31H33BrN4O. The minimum Gasteiger partial charge on any atom is -0.378 e.